The van der Waals surface area contributed by atoms with Gasteiger partial charge in [0.1, 0.15) is 9.88 Å². The van der Waals surface area contributed by atoms with E-state index in [0.29, 0.717) is 23.1 Å². The van der Waals surface area contributed by atoms with E-state index in [1.165, 1.54) is 11.3 Å². The molecule has 1 atom stereocenters. The molecule has 0 aliphatic carbocycles. The lowest BCUT2D eigenvalue weighted by Crippen LogP contribution is -2.48. The third-order valence-electron chi connectivity index (χ3n) is 3.15. The number of carbonyl (C=O) groups is 2. The lowest BCUT2D eigenvalue weighted by Gasteiger charge is -2.21. The van der Waals surface area contributed by atoms with Crippen molar-refractivity contribution in [2.75, 3.05) is 20.2 Å². The zero-order valence-corrected chi connectivity index (χ0v) is 17.3. The van der Waals surface area contributed by atoms with Gasteiger partial charge in [-0.05, 0) is 41.5 Å². The summed E-state index contributed by atoms with van der Waals surface area (Å²) in [5, 5.41) is 9.75. The minimum atomic E-state index is -0.359. The molecule has 8 nitrogen and oxygen atoms in total. The minimum Gasteiger partial charge on any atom is -0.462 e. The number of aryl methyl sites for hydroxylation is 1. The number of esters is 1. The van der Waals surface area contributed by atoms with Crippen LogP contribution in [0.5, 0.6) is 0 Å². The largest absolute Gasteiger partial charge is 0.462 e. The van der Waals surface area contributed by atoms with Crippen molar-refractivity contribution < 1.29 is 14.3 Å². The van der Waals surface area contributed by atoms with Crippen molar-refractivity contribution in [3.8, 4) is 0 Å². The number of thiazole rings is 1. The Labute approximate surface area is 158 Å². The van der Waals surface area contributed by atoms with Crippen molar-refractivity contribution in [1.29, 1.82) is 0 Å². The number of amides is 1. The first-order valence-electron chi connectivity index (χ1n) is 8.50. The standard InChI is InChI=1S/C17H29N5O3S/c1-8-25-15(24)13-10(2)20-14(26-13)11(3)21-16(18-7)19-9-12(23)22-17(4,5)6/h11H,8-9H2,1-7H3,(H,22,23)(H2,18,19,21). The smallest absolute Gasteiger partial charge is 0.350 e. The van der Waals surface area contributed by atoms with Crippen molar-refractivity contribution in [3.63, 3.8) is 0 Å². The third-order valence-corrected chi connectivity index (χ3v) is 4.47. The minimum absolute atomic E-state index is 0.106. The van der Waals surface area contributed by atoms with E-state index in [2.05, 4.69) is 25.9 Å². The SMILES string of the molecule is CCOC(=O)c1sc(C(C)NC(=NC)NCC(=O)NC(C)(C)C)nc1C. The fourth-order valence-electron chi connectivity index (χ4n) is 2.08. The molecule has 0 fully saturated rings. The second kappa shape index (κ2) is 9.51. The highest BCUT2D eigenvalue weighted by Crippen LogP contribution is 2.24. The predicted molar refractivity (Wildman–Crippen MR) is 104 cm³/mol. The van der Waals surface area contributed by atoms with E-state index >= 15 is 0 Å². The number of guanidine groups is 1. The Morgan fingerprint density at radius 2 is 2.00 bits per heavy atom. The number of nitrogens with zero attached hydrogens (tertiary/aromatic N) is 2. The summed E-state index contributed by atoms with van der Waals surface area (Å²) in [5.41, 5.74) is 0.356. The van der Waals surface area contributed by atoms with E-state index in [-0.39, 0.29) is 30.0 Å². The van der Waals surface area contributed by atoms with Crippen LogP contribution in [0.3, 0.4) is 0 Å². The zero-order chi connectivity index (χ0) is 19.9. The van der Waals surface area contributed by atoms with Gasteiger partial charge in [-0.3, -0.25) is 9.79 Å². The van der Waals surface area contributed by atoms with Gasteiger partial charge in [0.2, 0.25) is 5.91 Å². The average Bonchev–Trinajstić information content (AvgIpc) is 2.92. The first-order valence-corrected chi connectivity index (χ1v) is 9.31. The van der Waals surface area contributed by atoms with E-state index < -0.39 is 0 Å². The van der Waals surface area contributed by atoms with Gasteiger partial charge in [-0.15, -0.1) is 11.3 Å². The molecule has 3 N–H and O–H groups in total. The van der Waals surface area contributed by atoms with Crippen LogP contribution in [0.2, 0.25) is 0 Å². The average molecular weight is 384 g/mol. The number of nitrogens with one attached hydrogen (secondary N) is 3. The fraction of sp³-hybridized carbons (Fsp3) is 0.647. The van der Waals surface area contributed by atoms with Gasteiger partial charge >= 0.3 is 5.97 Å². The van der Waals surface area contributed by atoms with Crippen LogP contribution >= 0.6 is 11.3 Å². The van der Waals surface area contributed by atoms with Crippen LogP contribution in [0.1, 0.15) is 61.0 Å². The van der Waals surface area contributed by atoms with Crippen LogP contribution in [0.4, 0.5) is 0 Å². The molecule has 0 bridgehead atoms. The summed E-state index contributed by atoms with van der Waals surface area (Å²) in [4.78, 5) is 32.9. The maximum atomic E-state index is 11.9. The van der Waals surface area contributed by atoms with E-state index in [1.807, 2.05) is 27.7 Å². The van der Waals surface area contributed by atoms with Crippen LogP contribution in [-0.4, -0.2) is 48.6 Å². The Bertz CT molecular complexity index is 664. The summed E-state index contributed by atoms with van der Waals surface area (Å²) in [6.45, 7) is 11.7. The van der Waals surface area contributed by atoms with Crippen LogP contribution in [-0.2, 0) is 9.53 Å². The van der Waals surface area contributed by atoms with Crippen LogP contribution in [0.15, 0.2) is 4.99 Å². The Balaban J connectivity index is 2.67. The molecule has 26 heavy (non-hydrogen) atoms. The molecule has 0 spiro atoms. The molecule has 1 amide bonds. The number of carbonyl (C=O) groups excluding carboxylic acids is 2. The topological polar surface area (TPSA) is 105 Å². The maximum Gasteiger partial charge on any atom is 0.350 e. The Morgan fingerprint density at radius 1 is 1.35 bits per heavy atom. The van der Waals surface area contributed by atoms with Gasteiger partial charge < -0.3 is 20.7 Å². The molecule has 0 aliphatic rings. The molecule has 1 heterocycles. The van der Waals surface area contributed by atoms with Crippen molar-refractivity contribution in [3.05, 3.63) is 15.6 Å². The normalized spacial score (nSPS) is 13.1. The Morgan fingerprint density at radius 3 is 2.54 bits per heavy atom. The number of rotatable bonds is 6. The molecule has 0 radical (unpaired) electrons. The zero-order valence-electron chi connectivity index (χ0n) is 16.5. The number of hydrogen-bond acceptors (Lipinski definition) is 6. The Kier molecular flexibility index (Phi) is 8.01. The molecule has 1 rings (SSSR count). The quantitative estimate of drug-likeness (QED) is 0.393. The number of ether oxygens (including phenoxy) is 1. The molecule has 0 aliphatic heterocycles. The Hall–Kier alpha value is -2.16. The van der Waals surface area contributed by atoms with Crippen molar-refractivity contribution in [1.82, 2.24) is 20.9 Å². The molecule has 1 aromatic heterocycles. The molecular formula is C17H29N5O3S. The number of aromatic nitrogens is 1. The molecule has 146 valence electrons. The van der Waals surface area contributed by atoms with Gasteiger partial charge in [-0.1, -0.05) is 0 Å². The fourth-order valence-corrected chi connectivity index (χ4v) is 3.04. The van der Waals surface area contributed by atoms with Crippen LogP contribution in [0, 0.1) is 6.92 Å². The van der Waals surface area contributed by atoms with Crippen LogP contribution < -0.4 is 16.0 Å². The van der Waals surface area contributed by atoms with Gasteiger partial charge in [0, 0.05) is 12.6 Å². The van der Waals surface area contributed by atoms with Gasteiger partial charge in [-0.25, -0.2) is 9.78 Å². The summed E-state index contributed by atoms with van der Waals surface area (Å²) in [7, 11) is 1.63. The van der Waals surface area contributed by atoms with Gasteiger partial charge in [0.25, 0.3) is 0 Å². The highest BCUT2D eigenvalue weighted by molar-refractivity contribution is 7.13. The van der Waals surface area contributed by atoms with E-state index in [9.17, 15) is 9.59 Å². The van der Waals surface area contributed by atoms with E-state index in [0.717, 1.165) is 5.01 Å². The van der Waals surface area contributed by atoms with Crippen LogP contribution in [0.25, 0.3) is 0 Å². The van der Waals surface area contributed by atoms with Gasteiger partial charge in [0.05, 0.1) is 24.9 Å². The second-order valence-electron chi connectivity index (χ2n) is 6.78. The molecule has 1 aromatic rings. The summed E-state index contributed by atoms with van der Waals surface area (Å²) in [6.07, 6.45) is 0. The van der Waals surface area contributed by atoms with Crippen molar-refractivity contribution in [2.45, 2.75) is 53.1 Å². The lowest BCUT2D eigenvalue weighted by atomic mass is 10.1. The second-order valence-corrected chi connectivity index (χ2v) is 7.81. The monoisotopic (exact) mass is 383 g/mol. The van der Waals surface area contributed by atoms with E-state index in [4.69, 9.17) is 4.74 Å². The third kappa shape index (κ3) is 6.99. The number of aliphatic imine (C=N–C) groups is 1. The van der Waals surface area contributed by atoms with Crippen molar-refractivity contribution in [2.24, 2.45) is 4.99 Å². The van der Waals surface area contributed by atoms with E-state index in [1.54, 1.807) is 20.9 Å². The molecule has 0 saturated heterocycles. The molecular weight excluding hydrogens is 354 g/mol. The van der Waals surface area contributed by atoms with Gasteiger partial charge in [-0.2, -0.15) is 0 Å². The summed E-state index contributed by atoms with van der Waals surface area (Å²) < 4.78 is 5.04. The first kappa shape index (κ1) is 21.9. The maximum absolute atomic E-state index is 11.9. The molecule has 0 aromatic carbocycles. The first-order chi connectivity index (χ1) is 12.1. The molecule has 0 saturated carbocycles. The number of hydrogen-bond donors (Lipinski definition) is 3. The van der Waals surface area contributed by atoms with Gasteiger partial charge in [0.15, 0.2) is 5.96 Å². The molecule has 9 heteroatoms. The predicted octanol–water partition coefficient (Wildman–Crippen LogP) is 1.77. The highest BCUT2D eigenvalue weighted by Gasteiger charge is 2.20. The van der Waals surface area contributed by atoms with Crippen molar-refractivity contribution >= 4 is 29.2 Å². The summed E-state index contributed by atoms with van der Waals surface area (Å²) >= 11 is 1.29. The highest BCUT2D eigenvalue weighted by atomic mass is 32.1. The molecule has 1 unspecified atom stereocenters. The lowest BCUT2D eigenvalue weighted by molar-refractivity contribution is -0.121. The summed E-state index contributed by atoms with van der Waals surface area (Å²) in [6, 6.07) is -0.182. The summed E-state index contributed by atoms with van der Waals surface area (Å²) in [5.74, 6) is -0.00259.